The minimum Gasteiger partial charge on any atom is -0.391 e. The maximum Gasteiger partial charge on any atom is 0.319 e. The number of aromatic nitrogens is 1. The highest BCUT2D eigenvalue weighted by molar-refractivity contribution is 6.32. The van der Waals surface area contributed by atoms with Crippen LogP contribution >= 0.6 is 11.6 Å². The molecule has 3 N–H and O–H groups in total. The Balaban J connectivity index is 2.36. The number of carbonyl (C=O) groups is 1. The fourth-order valence-corrected chi connectivity index (χ4v) is 1.65. The van der Waals surface area contributed by atoms with Gasteiger partial charge in [0.2, 0.25) is 0 Å². The first-order valence-corrected chi connectivity index (χ1v) is 6.20. The van der Waals surface area contributed by atoms with Crippen LogP contribution in [-0.4, -0.2) is 28.8 Å². The van der Waals surface area contributed by atoms with Crippen molar-refractivity contribution in [2.24, 2.45) is 5.92 Å². The largest absolute Gasteiger partial charge is 0.391 e. The lowest BCUT2D eigenvalue weighted by molar-refractivity contribution is 0.148. The molecule has 1 aromatic rings. The quantitative estimate of drug-likeness (QED) is 0.719. The Labute approximate surface area is 112 Å². The summed E-state index contributed by atoms with van der Waals surface area (Å²) in [5, 5.41) is 15.0. The van der Waals surface area contributed by atoms with E-state index in [9.17, 15) is 9.90 Å². The van der Waals surface area contributed by atoms with Gasteiger partial charge in [-0.3, -0.25) is 0 Å². The molecule has 0 fully saturated rings. The van der Waals surface area contributed by atoms with Crippen LogP contribution < -0.4 is 10.6 Å². The lowest BCUT2D eigenvalue weighted by atomic mass is 10.1. The van der Waals surface area contributed by atoms with Crippen molar-refractivity contribution in [3.05, 3.63) is 23.5 Å². The zero-order valence-electron chi connectivity index (χ0n) is 10.5. The third-order valence-electron chi connectivity index (χ3n) is 2.25. The Morgan fingerprint density at radius 1 is 1.56 bits per heavy atom. The summed E-state index contributed by atoms with van der Waals surface area (Å²) in [6, 6.07) is 2.92. The maximum atomic E-state index is 11.5. The second-order valence-electron chi connectivity index (χ2n) is 4.46. The van der Waals surface area contributed by atoms with E-state index in [0.29, 0.717) is 18.0 Å². The number of carbonyl (C=O) groups excluding carboxylic acids is 1. The van der Waals surface area contributed by atoms with Gasteiger partial charge in [0.1, 0.15) is 0 Å². The minimum atomic E-state index is -0.542. The first-order valence-electron chi connectivity index (χ1n) is 5.82. The Kier molecular flexibility index (Phi) is 5.88. The average Bonchev–Trinajstić information content (AvgIpc) is 2.29. The number of anilines is 1. The van der Waals surface area contributed by atoms with E-state index in [1.807, 2.05) is 13.8 Å². The molecular weight excluding hydrogens is 254 g/mol. The first-order chi connectivity index (χ1) is 8.49. The summed E-state index contributed by atoms with van der Waals surface area (Å²) in [6.07, 6.45) is 1.64. The lowest BCUT2D eigenvalue weighted by Crippen LogP contribution is -2.35. The third-order valence-corrected chi connectivity index (χ3v) is 2.55. The number of aliphatic hydroxyl groups is 1. The number of hydrogen-bond acceptors (Lipinski definition) is 3. The third kappa shape index (κ3) is 5.33. The second-order valence-corrected chi connectivity index (χ2v) is 4.82. The average molecular weight is 272 g/mol. The van der Waals surface area contributed by atoms with Crippen LogP contribution in [0.4, 0.5) is 10.5 Å². The van der Waals surface area contributed by atoms with Gasteiger partial charge in [0.05, 0.1) is 11.8 Å². The van der Waals surface area contributed by atoms with Crippen LogP contribution in [0.1, 0.15) is 20.3 Å². The number of nitrogens with one attached hydrogen (secondary N) is 2. The predicted molar refractivity (Wildman–Crippen MR) is 71.7 cm³/mol. The van der Waals surface area contributed by atoms with Crippen molar-refractivity contribution in [2.45, 2.75) is 26.4 Å². The van der Waals surface area contributed by atoms with E-state index >= 15 is 0 Å². The molecule has 1 atom stereocenters. The summed E-state index contributed by atoms with van der Waals surface area (Å²) >= 11 is 5.80. The van der Waals surface area contributed by atoms with Gasteiger partial charge in [-0.2, -0.15) is 0 Å². The number of urea groups is 1. The van der Waals surface area contributed by atoms with E-state index in [0.717, 1.165) is 0 Å². The fraction of sp³-hybridized carbons (Fsp3) is 0.500. The van der Waals surface area contributed by atoms with Gasteiger partial charge in [-0.1, -0.05) is 25.4 Å². The molecule has 0 saturated heterocycles. The number of aliphatic hydroxyl groups excluding tert-OH is 1. The van der Waals surface area contributed by atoms with Crippen LogP contribution in [0.25, 0.3) is 0 Å². The van der Waals surface area contributed by atoms with Crippen LogP contribution in [0, 0.1) is 5.92 Å². The Hall–Kier alpha value is -1.33. The number of rotatable bonds is 5. The van der Waals surface area contributed by atoms with Crippen molar-refractivity contribution in [3.63, 3.8) is 0 Å². The maximum absolute atomic E-state index is 11.5. The van der Waals surface area contributed by atoms with Gasteiger partial charge in [0, 0.05) is 12.7 Å². The number of amides is 2. The molecule has 0 aliphatic carbocycles. The molecule has 2 amide bonds. The van der Waals surface area contributed by atoms with E-state index in [1.54, 1.807) is 12.1 Å². The molecule has 0 aromatic carbocycles. The molecule has 6 heteroatoms. The molecule has 100 valence electrons. The van der Waals surface area contributed by atoms with Crippen molar-refractivity contribution in [1.82, 2.24) is 10.3 Å². The van der Waals surface area contributed by atoms with Crippen LogP contribution in [0.15, 0.2) is 18.3 Å². The Bertz CT molecular complexity index is 399. The number of pyridine rings is 1. The smallest absolute Gasteiger partial charge is 0.319 e. The summed E-state index contributed by atoms with van der Waals surface area (Å²) in [5.41, 5.74) is 0.440. The van der Waals surface area contributed by atoms with E-state index in [1.165, 1.54) is 6.20 Å². The van der Waals surface area contributed by atoms with Gasteiger partial charge in [-0.15, -0.1) is 0 Å². The SMILES string of the molecule is CC(C)CC(O)CNC(=O)Nc1cccnc1Cl. The molecule has 0 bridgehead atoms. The summed E-state index contributed by atoms with van der Waals surface area (Å²) < 4.78 is 0. The summed E-state index contributed by atoms with van der Waals surface area (Å²) in [4.78, 5) is 15.4. The highest BCUT2D eigenvalue weighted by atomic mass is 35.5. The molecule has 0 spiro atoms. The molecule has 0 aliphatic rings. The zero-order chi connectivity index (χ0) is 13.5. The highest BCUT2D eigenvalue weighted by Crippen LogP contribution is 2.16. The van der Waals surface area contributed by atoms with Gasteiger partial charge in [0.25, 0.3) is 0 Å². The fourth-order valence-electron chi connectivity index (χ4n) is 1.48. The van der Waals surface area contributed by atoms with Crippen molar-refractivity contribution >= 4 is 23.3 Å². The number of nitrogens with zero attached hydrogens (tertiary/aromatic N) is 1. The van der Waals surface area contributed by atoms with E-state index in [2.05, 4.69) is 15.6 Å². The molecule has 1 rings (SSSR count). The monoisotopic (exact) mass is 271 g/mol. The van der Waals surface area contributed by atoms with E-state index in [4.69, 9.17) is 11.6 Å². The van der Waals surface area contributed by atoms with Gasteiger partial charge in [-0.05, 0) is 24.5 Å². The van der Waals surface area contributed by atoms with Crippen molar-refractivity contribution in [3.8, 4) is 0 Å². The lowest BCUT2D eigenvalue weighted by Gasteiger charge is -2.14. The van der Waals surface area contributed by atoms with Crippen molar-refractivity contribution < 1.29 is 9.90 Å². The van der Waals surface area contributed by atoms with Crippen molar-refractivity contribution in [1.29, 1.82) is 0 Å². The highest BCUT2D eigenvalue weighted by Gasteiger charge is 2.10. The van der Waals surface area contributed by atoms with Crippen molar-refractivity contribution in [2.75, 3.05) is 11.9 Å². The molecule has 1 unspecified atom stereocenters. The van der Waals surface area contributed by atoms with Gasteiger partial charge in [-0.25, -0.2) is 9.78 Å². The number of hydrogen-bond donors (Lipinski definition) is 3. The van der Waals surface area contributed by atoms with Crippen LogP contribution in [-0.2, 0) is 0 Å². The zero-order valence-corrected chi connectivity index (χ0v) is 11.2. The molecule has 5 nitrogen and oxygen atoms in total. The van der Waals surface area contributed by atoms with Gasteiger partial charge < -0.3 is 15.7 Å². The normalized spacial score (nSPS) is 12.3. The van der Waals surface area contributed by atoms with Crippen LogP contribution in [0.3, 0.4) is 0 Å². The molecule has 1 heterocycles. The predicted octanol–water partition coefficient (Wildman–Crippen LogP) is 2.26. The first kappa shape index (κ1) is 14.7. The van der Waals surface area contributed by atoms with E-state index < -0.39 is 12.1 Å². The molecule has 18 heavy (non-hydrogen) atoms. The topological polar surface area (TPSA) is 74.2 Å². The second kappa shape index (κ2) is 7.18. The summed E-state index contributed by atoms with van der Waals surface area (Å²) in [7, 11) is 0. The molecule has 0 radical (unpaired) electrons. The summed E-state index contributed by atoms with van der Waals surface area (Å²) in [5.74, 6) is 0.387. The molecule has 0 saturated carbocycles. The number of halogens is 1. The van der Waals surface area contributed by atoms with Crippen LogP contribution in [0.2, 0.25) is 5.15 Å². The van der Waals surface area contributed by atoms with Gasteiger partial charge >= 0.3 is 6.03 Å². The van der Waals surface area contributed by atoms with Crippen LogP contribution in [0.5, 0.6) is 0 Å². The Morgan fingerprint density at radius 2 is 2.28 bits per heavy atom. The molecule has 1 aromatic heterocycles. The minimum absolute atomic E-state index is 0.210. The van der Waals surface area contributed by atoms with Gasteiger partial charge in [0.15, 0.2) is 5.15 Å². The van der Waals surface area contributed by atoms with E-state index in [-0.39, 0.29) is 11.7 Å². The summed E-state index contributed by atoms with van der Waals surface area (Å²) in [6.45, 7) is 4.24. The Morgan fingerprint density at radius 3 is 2.89 bits per heavy atom. The molecular formula is C12H18ClN3O2. The molecule has 0 aliphatic heterocycles. The standard InChI is InChI=1S/C12H18ClN3O2/c1-8(2)6-9(17)7-15-12(18)16-10-4-3-5-14-11(10)13/h3-5,8-9,17H,6-7H2,1-2H3,(H2,15,16,18).